The summed E-state index contributed by atoms with van der Waals surface area (Å²) in [6.07, 6.45) is 0. The van der Waals surface area contributed by atoms with Gasteiger partial charge in [0, 0.05) is 6.04 Å². The molecule has 0 heterocycles. The first-order valence-corrected chi connectivity index (χ1v) is 5.41. The smallest absolute Gasteiger partial charge is 0.255 e. The third-order valence-electron chi connectivity index (χ3n) is 2.48. The number of amides is 1. The van der Waals surface area contributed by atoms with Crippen molar-refractivity contribution in [1.29, 1.82) is 0 Å². The number of methoxy groups -OCH3 is 1. The lowest BCUT2D eigenvalue weighted by molar-refractivity contribution is 0.0940. The highest BCUT2D eigenvalue weighted by atomic mass is 16.5. The quantitative estimate of drug-likeness (QED) is 0.851. The number of aryl methyl sites for hydroxylation is 2. The van der Waals surface area contributed by atoms with Crippen molar-refractivity contribution in [3.05, 3.63) is 28.8 Å². The number of hydrogen-bond acceptors (Lipinski definition) is 2. The van der Waals surface area contributed by atoms with Crippen LogP contribution in [-0.2, 0) is 0 Å². The van der Waals surface area contributed by atoms with Crippen molar-refractivity contribution < 1.29 is 9.53 Å². The summed E-state index contributed by atoms with van der Waals surface area (Å²) in [6.45, 7) is 7.86. The maximum absolute atomic E-state index is 11.9. The summed E-state index contributed by atoms with van der Waals surface area (Å²) < 4.78 is 5.22. The maximum Gasteiger partial charge on any atom is 0.255 e. The van der Waals surface area contributed by atoms with Crippen LogP contribution in [0.4, 0.5) is 0 Å². The van der Waals surface area contributed by atoms with E-state index in [0.29, 0.717) is 11.3 Å². The molecule has 3 heteroatoms. The van der Waals surface area contributed by atoms with E-state index in [0.717, 1.165) is 11.1 Å². The molecule has 16 heavy (non-hydrogen) atoms. The fraction of sp³-hybridized carbons (Fsp3) is 0.462. The van der Waals surface area contributed by atoms with Crippen LogP contribution in [0.1, 0.15) is 35.3 Å². The second-order valence-corrected chi connectivity index (χ2v) is 4.26. The van der Waals surface area contributed by atoms with E-state index in [4.69, 9.17) is 4.74 Å². The van der Waals surface area contributed by atoms with Crippen molar-refractivity contribution in [3.8, 4) is 5.75 Å². The van der Waals surface area contributed by atoms with E-state index in [1.165, 1.54) is 0 Å². The molecule has 1 rings (SSSR count). The molecule has 1 aromatic rings. The molecule has 0 unspecified atom stereocenters. The lowest BCUT2D eigenvalue weighted by atomic mass is 10.0. The van der Waals surface area contributed by atoms with Crippen LogP contribution in [0.15, 0.2) is 12.1 Å². The van der Waals surface area contributed by atoms with Gasteiger partial charge in [0.15, 0.2) is 0 Å². The van der Waals surface area contributed by atoms with Gasteiger partial charge < -0.3 is 10.1 Å². The molecule has 1 N–H and O–H groups in total. The summed E-state index contributed by atoms with van der Waals surface area (Å²) in [5, 5.41) is 2.86. The normalized spacial score (nSPS) is 10.4. The molecule has 1 amide bonds. The van der Waals surface area contributed by atoms with Gasteiger partial charge in [-0.1, -0.05) is 0 Å². The zero-order chi connectivity index (χ0) is 12.3. The van der Waals surface area contributed by atoms with E-state index >= 15 is 0 Å². The fourth-order valence-corrected chi connectivity index (χ4v) is 1.48. The minimum atomic E-state index is -0.0880. The maximum atomic E-state index is 11.9. The van der Waals surface area contributed by atoms with Crippen molar-refractivity contribution in [1.82, 2.24) is 5.32 Å². The zero-order valence-electron chi connectivity index (χ0n) is 10.5. The van der Waals surface area contributed by atoms with Crippen molar-refractivity contribution in [2.75, 3.05) is 7.11 Å². The number of ether oxygens (including phenoxy) is 1. The summed E-state index contributed by atoms with van der Waals surface area (Å²) in [7, 11) is 1.58. The SMILES string of the molecule is COc1cc(C)c(C)cc1C(=O)NC(C)C. The molecule has 0 saturated heterocycles. The first-order valence-electron chi connectivity index (χ1n) is 5.41. The van der Waals surface area contributed by atoms with Crippen LogP contribution in [0.3, 0.4) is 0 Å². The van der Waals surface area contributed by atoms with Gasteiger partial charge in [-0.25, -0.2) is 0 Å². The van der Waals surface area contributed by atoms with Gasteiger partial charge in [0.2, 0.25) is 0 Å². The van der Waals surface area contributed by atoms with E-state index in [1.54, 1.807) is 7.11 Å². The Morgan fingerprint density at radius 3 is 2.31 bits per heavy atom. The van der Waals surface area contributed by atoms with Gasteiger partial charge in [-0.05, 0) is 51.0 Å². The molecule has 0 atom stereocenters. The van der Waals surface area contributed by atoms with E-state index in [-0.39, 0.29) is 11.9 Å². The molecule has 0 aliphatic rings. The lowest BCUT2D eigenvalue weighted by Gasteiger charge is -2.13. The lowest BCUT2D eigenvalue weighted by Crippen LogP contribution is -2.30. The monoisotopic (exact) mass is 221 g/mol. The van der Waals surface area contributed by atoms with Crippen LogP contribution in [0.5, 0.6) is 5.75 Å². The molecule has 0 saturated carbocycles. The second kappa shape index (κ2) is 5.01. The van der Waals surface area contributed by atoms with Crippen molar-refractivity contribution in [2.45, 2.75) is 33.7 Å². The number of carbonyl (C=O) groups is 1. The largest absolute Gasteiger partial charge is 0.496 e. The van der Waals surface area contributed by atoms with Gasteiger partial charge in [-0.3, -0.25) is 4.79 Å². The number of hydrogen-bond donors (Lipinski definition) is 1. The molecule has 3 nitrogen and oxygen atoms in total. The molecule has 0 aliphatic heterocycles. The number of benzene rings is 1. The predicted molar refractivity (Wildman–Crippen MR) is 65.1 cm³/mol. The molecular weight excluding hydrogens is 202 g/mol. The Morgan fingerprint density at radius 2 is 1.81 bits per heavy atom. The first-order chi connectivity index (χ1) is 7.45. The van der Waals surface area contributed by atoms with Crippen molar-refractivity contribution in [3.63, 3.8) is 0 Å². The Balaban J connectivity index is 3.11. The Labute approximate surface area is 96.8 Å². The highest BCUT2D eigenvalue weighted by Crippen LogP contribution is 2.22. The Morgan fingerprint density at radius 1 is 1.25 bits per heavy atom. The van der Waals surface area contributed by atoms with Crippen LogP contribution in [-0.4, -0.2) is 19.1 Å². The van der Waals surface area contributed by atoms with Crippen LogP contribution in [0, 0.1) is 13.8 Å². The molecule has 0 aliphatic carbocycles. The number of nitrogens with one attached hydrogen (secondary N) is 1. The Bertz CT molecular complexity index is 397. The number of carbonyl (C=O) groups excluding carboxylic acids is 1. The van der Waals surface area contributed by atoms with E-state index in [9.17, 15) is 4.79 Å². The van der Waals surface area contributed by atoms with Crippen LogP contribution in [0.25, 0.3) is 0 Å². The molecule has 0 fully saturated rings. The van der Waals surface area contributed by atoms with Gasteiger partial charge in [0.25, 0.3) is 5.91 Å². The third-order valence-corrected chi connectivity index (χ3v) is 2.48. The number of rotatable bonds is 3. The van der Waals surface area contributed by atoms with Crippen LogP contribution < -0.4 is 10.1 Å². The molecular formula is C13H19NO2. The summed E-state index contributed by atoms with van der Waals surface area (Å²) in [4.78, 5) is 11.9. The topological polar surface area (TPSA) is 38.3 Å². The second-order valence-electron chi connectivity index (χ2n) is 4.26. The van der Waals surface area contributed by atoms with E-state index < -0.39 is 0 Å². The molecule has 0 bridgehead atoms. The van der Waals surface area contributed by atoms with Crippen molar-refractivity contribution in [2.24, 2.45) is 0 Å². The highest BCUT2D eigenvalue weighted by Gasteiger charge is 2.14. The molecule has 88 valence electrons. The summed E-state index contributed by atoms with van der Waals surface area (Å²) >= 11 is 0. The molecule has 0 aromatic heterocycles. The van der Waals surface area contributed by atoms with Gasteiger partial charge in [-0.2, -0.15) is 0 Å². The average Bonchev–Trinajstić information content (AvgIpc) is 2.20. The molecule has 1 aromatic carbocycles. The summed E-state index contributed by atoms with van der Waals surface area (Å²) in [5.41, 5.74) is 2.81. The van der Waals surface area contributed by atoms with Gasteiger partial charge in [-0.15, -0.1) is 0 Å². The summed E-state index contributed by atoms with van der Waals surface area (Å²) in [6, 6.07) is 3.88. The minimum absolute atomic E-state index is 0.0880. The Kier molecular flexibility index (Phi) is 3.93. The van der Waals surface area contributed by atoms with E-state index in [2.05, 4.69) is 5.32 Å². The zero-order valence-corrected chi connectivity index (χ0v) is 10.5. The first kappa shape index (κ1) is 12.6. The minimum Gasteiger partial charge on any atom is -0.496 e. The van der Waals surface area contributed by atoms with Crippen molar-refractivity contribution >= 4 is 5.91 Å². The predicted octanol–water partition coefficient (Wildman–Crippen LogP) is 2.45. The molecule has 0 spiro atoms. The molecule has 0 radical (unpaired) electrons. The van der Waals surface area contributed by atoms with E-state index in [1.807, 2.05) is 39.8 Å². The van der Waals surface area contributed by atoms with Gasteiger partial charge in [0.05, 0.1) is 12.7 Å². The van der Waals surface area contributed by atoms with Crippen LogP contribution >= 0.6 is 0 Å². The van der Waals surface area contributed by atoms with Crippen LogP contribution in [0.2, 0.25) is 0 Å². The highest BCUT2D eigenvalue weighted by molar-refractivity contribution is 5.97. The third kappa shape index (κ3) is 2.75. The van der Waals surface area contributed by atoms with Gasteiger partial charge in [0.1, 0.15) is 5.75 Å². The van der Waals surface area contributed by atoms with Gasteiger partial charge >= 0.3 is 0 Å². The Hall–Kier alpha value is -1.51. The average molecular weight is 221 g/mol. The summed E-state index contributed by atoms with van der Waals surface area (Å²) in [5.74, 6) is 0.538. The fourth-order valence-electron chi connectivity index (χ4n) is 1.48. The standard InChI is InChI=1S/C13H19NO2/c1-8(2)14-13(15)11-6-9(3)10(4)7-12(11)16-5/h6-8H,1-5H3,(H,14,15).